The van der Waals surface area contributed by atoms with E-state index in [-0.39, 0.29) is 5.82 Å². The summed E-state index contributed by atoms with van der Waals surface area (Å²) in [5.74, 6) is 0.283. The van der Waals surface area contributed by atoms with Crippen LogP contribution in [0.5, 0.6) is 0 Å². The molecule has 124 valence electrons. The Balaban J connectivity index is 2.16. The molecule has 0 aliphatic heterocycles. The largest absolute Gasteiger partial charge is 0.241 e. The zero-order valence-corrected chi connectivity index (χ0v) is 14.5. The van der Waals surface area contributed by atoms with Gasteiger partial charge in [0.1, 0.15) is 5.82 Å². The maximum absolute atomic E-state index is 13.7. The van der Waals surface area contributed by atoms with Gasteiger partial charge in [0.15, 0.2) is 0 Å². The third-order valence-corrected chi connectivity index (χ3v) is 4.54. The lowest BCUT2D eigenvalue weighted by molar-refractivity contribution is 0.628. The summed E-state index contributed by atoms with van der Waals surface area (Å²) in [7, 11) is 0. The van der Waals surface area contributed by atoms with Crippen molar-refractivity contribution in [3.8, 4) is 16.8 Å². The van der Waals surface area contributed by atoms with Gasteiger partial charge in [-0.1, -0.05) is 32.0 Å². The molecule has 0 aliphatic carbocycles. The molecule has 2 aromatic carbocycles. The van der Waals surface area contributed by atoms with Crippen LogP contribution in [0.25, 0.3) is 16.8 Å². The van der Waals surface area contributed by atoms with Crippen LogP contribution in [0, 0.1) is 12.7 Å². The zero-order chi connectivity index (χ0) is 17.1. The minimum Gasteiger partial charge on any atom is -0.241 e. The Hall–Kier alpha value is -2.42. The van der Waals surface area contributed by atoms with Gasteiger partial charge in [-0.05, 0) is 72.7 Å². The molecule has 1 aromatic heterocycles. The van der Waals surface area contributed by atoms with Gasteiger partial charge in [0.2, 0.25) is 0 Å². The van der Waals surface area contributed by atoms with E-state index in [1.165, 1.54) is 11.6 Å². The molecule has 2 nitrogen and oxygen atoms in total. The summed E-state index contributed by atoms with van der Waals surface area (Å²) in [5.41, 5.74) is 5.21. The van der Waals surface area contributed by atoms with Crippen molar-refractivity contribution in [2.45, 2.75) is 39.5 Å². The van der Waals surface area contributed by atoms with Crippen molar-refractivity contribution in [3.05, 3.63) is 71.8 Å². The van der Waals surface area contributed by atoms with Gasteiger partial charge in [-0.15, -0.1) is 0 Å². The lowest BCUT2D eigenvalue weighted by Crippen LogP contribution is -2.01. The standard InChI is InChI=1S/C21H23FN2/c1-4-16(5-2)18-11-19(17-7-6-8-20(22)12-17)14-21(13-18)24-10-9-15(3)23-24/h6-14,16H,4-5H2,1-3H3. The first-order valence-corrected chi connectivity index (χ1v) is 8.54. The predicted molar refractivity (Wildman–Crippen MR) is 97.0 cm³/mol. The number of hydrogen-bond donors (Lipinski definition) is 0. The summed E-state index contributed by atoms with van der Waals surface area (Å²) in [5, 5.41) is 4.53. The molecule has 0 aliphatic rings. The molecular weight excluding hydrogens is 299 g/mol. The molecule has 0 fully saturated rings. The summed E-state index contributed by atoms with van der Waals surface area (Å²) < 4.78 is 15.5. The first-order chi connectivity index (χ1) is 11.6. The number of hydrogen-bond acceptors (Lipinski definition) is 1. The Morgan fingerprint density at radius 2 is 1.79 bits per heavy atom. The van der Waals surface area contributed by atoms with Crippen LogP contribution in [0.1, 0.15) is 43.9 Å². The first kappa shape index (κ1) is 16.4. The minimum atomic E-state index is -0.211. The molecule has 0 saturated heterocycles. The Labute approximate surface area is 143 Å². The molecule has 3 heteroatoms. The Kier molecular flexibility index (Phi) is 4.79. The number of halogens is 1. The monoisotopic (exact) mass is 322 g/mol. The second-order valence-corrected chi connectivity index (χ2v) is 6.24. The third-order valence-electron chi connectivity index (χ3n) is 4.54. The van der Waals surface area contributed by atoms with E-state index < -0.39 is 0 Å². The van der Waals surface area contributed by atoms with Crippen molar-refractivity contribution < 1.29 is 4.39 Å². The van der Waals surface area contributed by atoms with Gasteiger partial charge in [0.25, 0.3) is 0 Å². The SMILES string of the molecule is CCC(CC)c1cc(-c2cccc(F)c2)cc(-n2ccc(C)n2)c1. The highest BCUT2D eigenvalue weighted by Crippen LogP contribution is 2.31. The van der Waals surface area contributed by atoms with Crippen LogP contribution in [-0.2, 0) is 0 Å². The van der Waals surface area contributed by atoms with Gasteiger partial charge in [-0.25, -0.2) is 9.07 Å². The van der Waals surface area contributed by atoms with E-state index in [4.69, 9.17) is 0 Å². The molecule has 0 spiro atoms. The molecule has 24 heavy (non-hydrogen) atoms. The quantitative estimate of drug-likeness (QED) is 0.572. The minimum absolute atomic E-state index is 0.211. The zero-order valence-electron chi connectivity index (χ0n) is 14.5. The molecule has 3 aromatic rings. The topological polar surface area (TPSA) is 17.8 Å². The highest BCUT2D eigenvalue weighted by atomic mass is 19.1. The number of aryl methyl sites for hydroxylation is 1. The molecular formula is C21H23FN2. The smallest absolute Gasteiger partial charge is 0.123 e. The molecule has 0 saturated carbocycles. The highest BCUT2D eigenvalue weighted by molar-refractivity contribution is 5.67. The van der Waals surface area contributed by atoms with Gasteiger partial charge in [0, 0.05) is 6.20 Å². The molecule has 0 unspecified atom stereocenters. The van der Waals surface area contributed by atoms with E-state index in [9.17, 15) is 4.39 Å². The van der Waals surface area contributed by atoms with Crippen molar-refractivity contribution in [1.29, 1.82) is 0 Å². The van der Waals surface area contributed by atoms with Crippen molar-refractivity contribution >= 4 is 0 Å². The average molecular weight is 322 g/mol. The Bertz CT molecular complexity index is 831. The Morgan fingerprint density at radius 3 is 2.42 bits per heavy atom. The van der Waals surface area contributed by atoms with E-state index in [1.54, 1.807) is 12.1 Å². The van der Waals surface area contributed by atoms with Crippen LogP contribution in [0.4, 0.5) is 4.39 Å². The summed E-state index contributed by atoms with van der Waals surface area (Å²) in [6.07, 6.45) is 4.14. The van der Waals surface area contributed by atoms with Gasteiger partial charge >= 0.3 is 0 Å². The average Bonchev–Trinajstić information content (AvgIpc) is 3.02. The van der Waals surface area contributed by atoms with E-state index in [1.807, 2.05) is 29.9 Å². The second-order valence-electron chi connectivity index (χ2n) is 6.24. The molecule has 1 heterocycles. The van der Waals surface area contributed by atoms with E-state index in [2.05, 4.69) is 37.1 Å². The van der Waals surface area contributed by atoms with Crippen LogP contribution in [0.2, 0.25) is 0 Å². The maximum atomic E-state index is 13.7. The molecule has 0 amide bonds. The summed E-state index contributed by atoms with van der Waals surface area (Å²) in [6.45, 7) is 6.40. The van der Waals surface area contributed by atoms with E-state index in [0.29, 0.717) is 5.92 Å². The summed E-state index contributed by atoms with van der Waals surface area (Å²) in [4.78, 5) is 0. The van der Waals surface area contributed by atoms with Crippen molar-refractivity contribution in [3.63, 3.8) is 0 Å². The fraction of sp³-hybridized carbons (Fsp3) is 0.286. The Morgan fingerprint density at radius 1 is 1.00 bits per heavy atom. The summed E-state index contributed by atoms with van der Waals surface area (Å²) in [6, 6.07) is 15.2. The van der Waals surface area contributed by atoms with Crippen LogP contribution in [-0.4, -0.2) is 9.78 Å². The van der Waals surface area contributed by atoms with Crippen molar-refractivity contribution in [2.24, 2.45) is 0 Å². The van der Waals surface area contributed by atoms with E-state index >= 15 is 0 Å². The van der Waals surface area contributed by atoms with Crippen LogP contribution < -0.4 is 0 Å². The molecule has 0 N–H and O–H groups in total. The van der Waals surface area contributed by atoms with Gasteiger partial charge < -0.3 is 0 Å². The second kappa shape index (κ2) is 7.00. The van der Waals surface area contributed by atoms with Crippen molar-refractivity contribution in [2.75, 3.05) is 0 Å². The summed E-state index contributed by atoms with van der Waals surface area (Å²) >= 11 is 0. The van der Waals surface area contributed by atoms with E-state index in [0.717, 1.165) is 35.3 Å². The molecule has 0 radical (unpaired) electrons. The first-order valence-electron chi connectivity index (χ1n) is 8.54. The fourth-order valence-corrected chi connectivity index (χ4v) is 3.16. The van der Waals surface area contributed by atoms with Crippen LogP contribution >= 0.6 is 0 Å². The molecule has 0 bridgehead atoms. The number of aromatic nitrogens is 2. The van der Waals surface area contributed by atoms with Gasteiger partial charge in [0.05, 0.1) is 11.4 Å². The number of nitrogens with zero attached hydrogens (tertiary/aromatic N) is 2. The fourth-order valence-electron chi connectivity index (χ4n) is 3.16. The number of benzene rings is 2. The van der Waals surface area contributed by atoms with Crippen LogP contribution in [0.15, 0.2) is 54.7 Å². The molecule has 3 rings (SSSR count). The normalized spacial score (nSPS) is 11.2. The van der Waals surface area contributed by atoms with Crippen molar-refractivity contribution in [1.82, 2.24) is 9.78 Å². The van der Waals surface area contributed by atoms with Crippen LogP contribution in [0.3, 0.4) is 0 Å². The lowest BCUT2D eigenvalue weighted by atomic mass is 9.90. The maximum Gasteiger partial charge on any atom is 0.123 e. The number of rotatable bonds is 5. The van der Waals surface area contributed by atoms with Gasteiger partial charge in [-0.2, -0.15) is 5.10 Å². The highest BCUT2D eigenvalue weighted by Gasteiger charge is 2.12. The van der Waals surface area contributed by atoms with Gasteiger partial charge in [-0.3, -0.25) is 0 Å². The molecule has 0 atom stereocenters. The predicted octanol–water partition coefficient (Wildman–Crippen LogP) is 5.89. The third kappa shape index (κ3) is 3.40. The lowest BCUT2D eigenvalue weighted by Gasteiger charge is -2.17.